The summed E-state index contributed by atoms with van der Waals surface area (Å²) in [5.74, 6) is 0. The van der Waals surface area contributed by atoms with Gasteiger partial charge < -0.3 is 0 Å². The van der Waals surface area contributed by atoms with Crippen LogP contribution in [-0.2, 0) is 12.7 Å². The minimum Gasteiger partial charge on any atom is -0.294 e. The maximum Gasteiger partial charge on any atom is 0.416 e. The summed E-state index contributed by atoms with van der Waals surface area (Å²) in [6.07, 6.45) is -0.789. The number of benzene rings is 1. The zero-order valence-electron chi connectivity index (χ0n) is 11.4. The summed E-state index contributed by atoms with van der Waals surface area (Å²) in [6.45, 7) is 4.92. The van der Waals surface area contributed by atoms with Crippen LogP contribution >= 0.6 is 0 Å². The van der Waals surface area contributed by atoms with Crippen molar-refractivity contribution in [1.29, 1.82) is 0 Å². The Morgan fingerprint density at radius 2 is 1.79 bits per heavy atom. The van der Waals surface area contributed by atoms with E-state index in [1.807, 2.05) is 0 Å². The van der Waals surface area contributed by atoms with Crippen LogP contribution in [0.15, 0.2) is 24.3 Å². The van der Waals surface area contributed by atoms with Crippen LogP contribution in [0.25, 0.3) is 0 Å². The predicted molar refractivity (Wildman–Crippen MR) is 69.8 cm³/mol. The summed E-state index contributed by atoms with van der Waals surface area (Å²) in [4.78, 5) is 2.30. The van der Waals surface area contributed by atoms with Crippen LogP contribution in [-0.4, -0.2) is 17.0 Å². The van der Waals surface area contributed by atoms with Crippen molar-refractivity contribution in [2.24, 2.45) is 0 Å². The molecule has 0 saturated carbocycles. The number of hydrogen-bond acceptors (Lipinski definition) is 1. The summed E-state index contributed by atoms with van der Waals surface area (Å²) >= 11 is 0. The molecule has 0 bridgehead atoms. The molecule has 0 spiro atoms. The number of nitrogens with zero attached hydrogens (tertiary/aromatic N) is 1. The van der Waals surface area contributed by atoms with E-state index in [0.717, 1.165) is 24.5 Å². The number of piperidine rings is 1. The molecule has 1 aromatic rings. The van der Waals surface area contributed by atoms with E-state index in [0.29, 0.717) is 18.6 Å². The first-order valence-electron chi connectivity index (χ1n) is 6.80. The molecule has 1 aliphatic rings. The maximum atomic E-state index is 12.7. The molecule has 2 atom stereocenters. The molecule has 19 heavy (non-hydrogen) atoms. The van der Waals surface area contributed by atoms with E-state index in [1.165, 1.54) is 18.6 Å². The molecule has 0 radical (unpaired) electrons. The molecule has 0 N–H and O–H groups in total. The molecule has 1 heterocycles. The van der Waals surface area contributed by atoms with Gasteiger partial charge in [-0.15, -0.1) is 0 Å². The Bertz CT molecular complexity index is 418. The lowest BCUT2D eigenvalue weighted by Crippen LogP contribution is -2.42. The minimum atomic E-state index is -4.25. The summed E-state index contributed by atoms with van der Waals surface area (Å²) in [5, 5.41) is 0. The highest BCUT2D eigenvalue weighted by molar-refractivity contribution is 5.25. The molecule has 1 saturated heterocycles. The molecule has 0 amide bonds. The molecule has 1 aliphatic heterocycles. The third kappa shape index (κ3) is 3.50. The zero-order chi connectivity index (χ0) is 14.0. The number of alkyl halides is 3. The fraction of sp³-hybridized carbons (Fsp3) is 0.600. The quantitative estimate of drug-likeness (QED) is 0.767. The van der Waals surface area contributed by atoms with E-state index in [4.69, 9.17) is 0 Å². The van der Waals surface area contributed by atoms with Crippen molar-refractivity contribution in [2.75, 3.05) is 0 Å². The summed E-state index contributed by atoms with van der Waals surface area (Å²) in [5.41, 5.74) is 0.192. The van der Waals surface area contributed by atoms with Crippen LogP contribution in [0.3, 0.4) is 0 Å². The van der Waals surface area contributed by atoms with Gasteiger partial charge in [0, 0.05) is 18.6 Å². The van der Waals surface area contributed by atoms with Gasteiger partial charge >= 0.3 is 6.18 Å². The second-order valence-corrected chi connectivity index (χ2v) is 5.50. The molecule has 1 nitrogen and oxygen atoms in total. The minimum absolute atomic E-state index is 0.443. The van der Waals surface area contributed by atoms with Crippen molar-refractivity contribution in [2.45, 2.75) is 57.9 Å². The van der Waals surface area contributed by atoms with Crippen LogP contribution in [0.2, 0.25) is 0 Å². The van der Waals surface area contributed by atoms with Gasteiger partial charge in [-0.05, 0) is 38.3 Å². The highest BCUT2D eigenvalue weighted by Crippen LogP contribution is 2.31. The lowest BCUT2D eigenvalue weighted by Gasteiger charge is -2.39. The Labute approximate surface area is 112 Å². The van der Waals surface area contributed by atoms with Crippen LogP contribution in [0.1, 0.15) is 44.2 Å². The summed E-state index contributed by atoms with van der Waals surface area (Å²) in [6, 6.07) is 6.57. The molecule has 2 unspecified atom stereocenters. The van der Waals surface area contributed by atoms with Crippen LogP contribution in [0, 0.1) is 0 Å². The second-order valence-electron chi connectivity index (χ2n) is 5.50. The molecule has 4 heteroatoms. The Balaban J connectivity index is 2.14. The van der Waals surface area contributed by atoms with Gasteiger partial charge in [0.1, 0.15) is 0 Å². The van der Waals surface area contributed by atoms with Crippen molar-refractivity contribution in [1.82, 2.24) is 4.90 Å². The van der Waals surface area contributed by atoms with E-state index in [9.17, 15) is 13.2 Å². The lowest BCUT2D eigenvalue weighted by atomic mass is 9.96. The molecule has 1 aromatic carbocycles. The van der Waals surface area contributed by atoms with Gasteiger partial charge in [0.15, 0.2) is 0 Å². The average molecular weight is 271 g/mol. The van der Waals surface area contributed by atoms with Gasteiger partial charge in [-0.3, -0.25) is 4.90 Å². The van der Waals surface area contributed by atoms with Gasteiger partial charge in [0.05, 0.1) is 5.56 Å². The van der Waals surface area contributed by atoms with Crippen molar-refractivity contribution in [3.63, 3.8) is 0 Å². The van der Waals surface area contributed by atoms with E-state index in [2.05, 4.69) is 18.7 Å². The molecule has 106 valence electrons. The maximum absolute atomic E-state index is 12.7. The first-order valence-corrected chi connectivity index (χ1v) is 6.80. The van der Waals surface area contributed by atoms with E-state index in [-0.39, 0.29) is 0 Å². The van der Waals surface area contributed by atoms with E-state index < -0.39 is 11.7 Å². The van der Waals surface area contributed by atoms with E-state index >= 15 is 0 Å². The summed E-state index contributed by atoms with van der Waals surface area (Å²) < 4.78 is 38.1. The third-order valence-corrected chi connectivity index (χ3v) is 4.00. The zero-order valence-corrected chi connectivity index (χ0v) is 11.4. The fourth-order valence-electron chi connectivity index (χ4n) is 2.84. The van der Waals surface area contributed by atoms with Gasteiger partial charge in [0.2, 0.25) is 0 Å². The normalized spacial score (nSPS) is 25.5. The fourth-order valence-corrected chi connectivity index (χ4v) is 2.84. The number of halogens is 3. The molecule has 1 fully saturated rings. The van der Waals surface area contributed by atoms with Crippen LogP contribution in [0.5, 0.6) is 0 Å². The highest BCUT2D eigenvalue weighted by Gasteiger charge is 2.31. The molecule has 2 rings (SSSR count). The average Bonchev–Trinajstić information content (AvgIpc) is 2.33. The van der Waals surface area contributed by atoms with Crippen molar-refractivity contribution < 1.29 is 13.2 Å². The summed E-state index contributed by atoms with van der Waals surface area (Å²) in [7, 11) is 0. The van der Waals surface area contributed by atoms with Crippen LogP contribution in [0.4, 0.5) is 13.2 Å². The smallest absolute Gasteiger partial charge is 0.294 e. The van der Waals surface area contributed by atoms with Gasteiger partial charge in [-0.2, -0.15) is 13.2 Å². The number of likely N-dealkylation sites (tertiary alicyclic amines) is 1. The Morgan fingerprint density at radius 3 is 2.37 bits per heavy atom. The molecule has 0 aliphatic carbocycles. The second kappa shape index (κ2) is 5.53. The SMILES string of the molecule is CC1CCCC(C)N1Cc1cccc(C(F)(F)F)c1. The Hall–Kier alpha value is -1.03. The highest BCUT2D eigenvalue weighted by atomic mass is 19.4. The van der Waals surface area contributed by atoms with Gasteiger partial charge in [-0.25, -0.2) is 0 Å². The number of rotatable bonds is 2. The van der Waals surface area contributed by atoms with E-state index in [1.54, 1.807) is 6.07 Å². The van der Waals surface area contributed by atoms with Gasteiger partial charge in [-0.1, -0.05) is 24.6 Å². The Morgan fingerprint density at radius 1 is 1.16 bits per heavy atom. The van der Waals surface area contributed by atoms with Crippen molar-refractivity contribution >= 4 is 0 Å². The lowest BCUT2D eigenvalue weighted by molar-refractivity contribution is -0.137. The largest absolute Gasteiger partial charge is 0.416 e. The monoisotopic (exact) mass is 271 g/mol. The first kappa shape index (κ1) is 14.4. The first-order chi connectivity index (χ1) is 8.88. The molecular weight excluding hydrogens is 251 g/mol. The topological polar surface area (TPSA) is 3.24 Å². The Kier molecular flexibility index (Phi) is 4.19. The predicted octanol–water partition coefficient (Wildman–Crippen LogP) is 4.47. The van der Waals surface area contributed by atoms with Gasteiger partial charge in [0.25, 0.3) is 0 Å². The standard InChI is InChI=1S/C15H20F3N/c1-11-5-3-6-12(2)19(11)10-13-7-4-8-14(9-13)15(16,17)18/h4,7-9,11-12H,3,5-6,10H2,1-2H3. The van der Waals surface area contributed by atoms with Crippen molar-refractivity contribution in [3.8, 4) is 0 Å². The number of hydrogen-bond donors (Lipinski definition) is 0. The molecular formula is C15H20F3N. The molecule has 0 aromatic heterocycles. The van der Waals surface area contributed by atoms with Crippen LogP contribution < -0.4 is 0 Å². The third-order valence-electron chi connectivity index (χ3n) is 4.00. The van der Waals surface area contributed by atoms with Crippen molar-refractivity contribution in [3.05, 3.63) is 35.4 Å².